The summed E-state index contributed by atoms with van der Waals surface area (Å²) in [5, 5.41) is 10.4. The first-order valence-electron chi connectivity index (χ1n) is 13.3. The lowest BCUT2D eigenvalue weighted by atomic mass is 10.2. The molecule has 0 unspecified atom stereocenters. The Kier molecular flexibility index (Phi) is 12.1. The highest BCUT2D eigenvalue weighted by molar-refractivity contribution is 7.14. The molecule has 0 aromatic carbocycles. The lowest BCUT2D eigenvalue weighted by Crippen LogP contribution is -2.35. The van der Waals surface area contributed by atoms with Gasteiger partial charge in [-0.1, -0.05) is 0 Å². The Hall–Kier alpha value is -2.36. The summed E-state index contributed by atoms with van der Waals surface area (Å²) in [5.74, 6) is 0. The van der Waals surface area contributed by atoms with E-state index in [9.17, 15) is 9.59 Å². The fourth-order valence-electron chi connectivity index (χ4n) is 3.63. The molecule has 0 spiro atoms. The molecule has 40 heavy (non-hydrogen) atoms. The van der Waals surface area contributed by atoms with Crippen molar-refractivity contribution in [2.24, 2.45) is 0 Å². The van der Waals surface area contributed by atoms with Crippen LogP contribution in [0.1, 0.15) is 52.9 Å². The molecule has 2 aromatic rings. The zero-order chi connectivity index (χ0) is 29.2. The molecule has 4 rings (SSSR count). The normalized spacial score (nSPS) is 16.9. The average Bonchev–Trinajstić information content (AvgIpc) is 3.47. The van der Waals surface area contributed by atoms with Gasteiger partial charge in [-0.25, -0.2) is 19.6 Å². The van der Waals surface area contributed by atoms with E-state index in [2.05, 4.69) is 30.4 Å². The van der Waals surface area contributed by atoms with Gasteiger partial charge in [-0.3, -0.25) is 20.4 Å². The molecule has 2 fully saturated rings. The van der Waals surface area contributed by atoms with Gasteiger partial charge in [0.1, 0.15) is 11.2 Å². The van der Waals surface area contributed by atoms with Gasteiger partial charge < -0.3 is 18.9 Å². The van der Waals surface area contributed by atoms with Crippen LogP contribution in [-0.2, 0) is 32.0 Å². The maximum atomic E-state index is 11.6. The fraction of sp³-hybridized carbons (Fsp3) is 0.692. The van der Waals surface area contributed by atoms with E-state index in [1.54, 1.807) is 0 Å². The highest BCUT2D eigenvalue weighted by atomic mass is 32.1. The third kappa shape index (κ3) is 12.9. The molecule has 224 valence electrons. The SMILES string of the molecule is CC(C)(C)OC(=O)Nc1nc(CN2CCOCC2)cs1.CC(C)(C)OC(=O)Nc1nc(CN2CCOCC2)cs1. The summed E-state index contributed by atoms with van der Waals surface area (Å²) in [6, 6.07) is 0. The quantitative estimate of drug-likeness (QED) is 0.485. The van der Waals surface area contributed by atoms with Crippen LogP contribution in [0.15, 0.2) is 10.8 Å². The molecule has 0 aliphatic carbocycles. The van der Waals surface area contributed by atoms with Crippen molar-refractivity contribution in [2.45, 2.75) is 65.8 Å². The van der Waals surface area contributed by atoms with Crippen LogP contribution in [0.5, 0.6) is 0 Å². The summed E-state index contributed by atoms with van der Waals surface area (Å²) in [4.78, 5) is 36.6. The van der Waals surface area contributed by atoms with Crippen molar-refractivity contribution in [2.75, 3.05) is 63.2 Å². The Morgan fingerprint density at radius 3 is 1.43 bits per heavy atom. The number of aromatic nitrogens is 2. The Morgan fingerprint density at radius 2 is 1.10 bits per heavy atom. The lowest BCUT2D eigenvalue weighted by molar-refractivity contribution is 0.0336. The van der Waals surface area contributed by atoms with Crippen LogP contribution in [0, 0.1) is 0 Å². The molecule has 2 aromatic heterocycles. The molecule has 0 saturated carbocycles. The van der Waals surface area contributed by atoms with Crippen molar-refractivity contribution < 1.29 is 28.5 Å². The molecule has 4 heterocycles. The standard InChI is InChI=1S/2C13H21N3O3S/c2*1-13(2,3)19-12(17)15-11-14-10(9-20-11)8-16-4-6-18-7-5-16/h2*9H,4-8H2,1-3H3,(H,14,15,17). The van der Waals surface area contributed by atoms with E-state index in [-0.39, 0.29) is 0 Å². The number of hydrogen-bond donors (Lipinski definition) is 2. The van der Waals surface area contributed by atoms with Crippen molar-refractivity contribution in [1.82, 2.24) is 19.8 Å². The maximum absolute atomic E-state index is 11.6. The van der Waals surface area contributed by atoms with Gasteiger partial charge in [-0.2, -0.15) is 0 Å². The Labute approximate surface area is 244 Å². The Balaban J connectivity index is 0.000000220. The largest absolute Gasteiger partial charge is 0.444 e. The minimum absolute atomic E-state index is 0.468. The monoisotopic (exact) mass is 598 g/mol. The third-order valence-electron chi connectivity index (χ3n) is 5.30. The number of ether oxygens (including phenoxy) is 4. The average molecular weight is 599 g/mol. The number of hydrogen-bond acceptors (Lipinski definition) is 12. The number of rotatable bonds is 6. The molecule has 0 radical (unpaired) electrons. The highest BCUT2D eigenvalue weighted by Gasteiger charge is 2.19. The van der Waals surface area contributed by atoms with Gasteiger partial charge in [0, 0.05) is 50.0 Å². The summed E-state index contributed by atoms with van der Waals surface area (Å²) in [5.41, 5.74) is 0.918. The predicted molar refractivity (Wildman–Crippen MR) is 156 cm³/mol. The molecule has 2 aliphatic rings. The van der Waals surface area contributed by atoms with Gasteiger partial charge in [0.05, 0.1) is 37.8 Å². The van der Waals surface area contributed by atoms with Gasteiger partial charge >= 0.3 is 12.2 Å². The van der Waals surface area contributed by atoms with Crippen LogP contribution >= 0.6 is 22.7 Å². The predicted octanol–water partition coefficient (Wildman–Crippen LogP) is 4.64. The van der Waals surface area contributed by atoms with Crippen molar-refractivity contribution >= 4 is 45.1 Å². The molecule has 2 aliphatic heterocycles. The van der Waals surface area contributed by atoms with E-state index in [0.717, 1.165) is 77.1 Å². The van der Waals surface area contributed by atoms with Crippen molar-refractivity contribution in [3.8, 4) is 0 Å². The number of carbonyl (C=O) groups excluding carboxylic acids is 2. The van der Waals surface area contributed by atoms with Crippen molar-refractivity contribution in [3.05, 3.63) is 22.1 Å². The number of morpholine rings is 2. The van der Waals surface area contributed by atoms with Crippen LogP contribution in [0.3, 0.4) is 0 Å². The zero-order valence-corrected chi connectivity index (χ0v) is 25.9. The van der Waals surface area contributed by atoms with Gasteiger partial charge in [0.15, 0.2) is 10.3 Å². The molecule has 2 amide bonds. The first-order chi connectivity index (χ1) is 18.8. The van der Waals surface area contributed by atoms with Crippen LogP contribution in [0.25, 0.3) is 0 Å². The number of carbonyl (C=O) groups is 2. The number of anilines is 2. The topological polar surface area (TPSA) is 127 Å². The van der Waals surface area contributed by atoms with E-state index in [1.165, 1.54) is 22.7 Å². The summed E-state index contributed by atoms with van der Waals surface area (Å²) in [7, 11) is 0. The molecule has 12 nitrogen and oxygen atoms in total. The molecule has 0 bridgehead atoms. The summed E-state index contributed by atoms with van der Waals surface area (Å²) >= 11 is 2.82. The minimum Gasteiger partial charge on any atom is -0.444 e. The molecule has 2 saturated heterocycles. The molecular weight excluding hydrogens is 556 g/mol. The van der Waals surface area contributed by atoms with E-state index in [4.69, 9.17) is 18.9 Å². The van der Waals surface area contributed by atoms with Crippen LogP contribution in [0.4, 0.5) is 19.9 Å². The minimum atomic E-state index is -0.502. The van der Waals surface area contributed by atoms with Crippen molar-refractivity contribution in [3.63, 3.8) is 0 Å². The Bertz CT molecular complexity index is 984. The highest BCUT2D eigenvalue weighted by Crippen LogP contribution is 2.20. The molecular formula is C26H42N6O6S2. The first-order valence-corrected chi connectivity index (χ1v) is 15.1. The van der Waals surface area contributed by atoms with E-state index in [1.807, 2.05) is 52.3 Å². The second-order valence-corrected chi connectivity index (χ2v) is 13.0. The fourth-order valence-corrected chi connectivity index (χ4v) is 5.01. The number of nitrogens with zero attached hydrogens (tertiary/aromatic N) is 4. The number of thiazole rings is 2. The molecule has 0 atom stereocenters. The van der Waals surface area contributed by atoms with Gasteiger partial charge in [-0.15, -0.1) is 22.7 Å². The van der Waals surface area contributed by atoms with Crippen LogP contribution in [0.2, 0.25) is 0 Å². The van der Waals surface area contributed by atoms with Crippen LogP contribution < -0.4 is 10.6 Å². The summed E-state index contributed by atoms with van der Waals surface area (Å²) in [6.07, 6.45) is -0.936. The van der Waals surface area contributed by atoms with E-state index >= 15 is 0 Å². The van der Waals surface area contributed by atoms with E-state index < -0.39 is 23.4 Å². The number of amides is 2. The second-order valence-electron chi connectivity index (χ2n) is 11.3. The number of nitrogens with one attached hydrogen (secondary N) is 2. The summed E-state index contributed by atoms with van der Waals surface area (Å²) < 4.78 is 21.0. The maximum Gasteiger partial charge on any atom is 0.413 e. The second kappa shape index (κ2) is 15.0. The third-order valence-corrected chi connectivity index (χ3v) is 6.91. The lowest BCUT2D eigenvalue weighted by Gasteiger charge is -2.25. The Morgan fingerprint density at radius 1 is 0.750 bits per heavy atom. The van der Waals surface area contributed by atoms with Crippen LogP contribution in [-0.4, -0.2) is 95.8 Å². The molecule has 14 heteroatoms. The smallest absolute Gasteiger partial charge is 0.413 e. The van der Waals surface area contributed by atoms with Gasteiger partial charge in [0.2, 0.25) is 0 Å². The van der Waals surface area contributed by atoms with Gasteiger partial charge in [0.25, 0.3) is 0 Å². The summed E-state index contributed by atoms with van der Waals surface area (Å²) in [6.45, 7) is 19.3. The first kappa shape index (κ1) is 32.2. The zero-order valence-electron chi connectivity index (χ0n) is 24.3. The van der Waals surface area contributed by atoms with Gasteiger partial charge in [-0.05, 0) is 41.5 Å². The van der Waals surface area contributed by atoms with Crippen molar-refractivity contribution in [1.29, 1.82) is 0 Å². The van der Waals surface area contributed by atoms with E-state index in [0.29, 0.717) is 10.3 Å². The molecule has 2 N–H and O–H groups in total.